The summed E-state index contributed by atoms with van der Waals surface area (Å²) in [6, 6.07) is 6.38. The van der Waals surface area contributed by atoms with Gasteiger partial charge in [0, 0.05) is 0 Å². The number of aromatic nitrogens is 2. The van der Waals surface area contributed by atoms with Gasteiger partial charge in [0.25, 0.3) is 0 Å². The van der Waals surface area contributed by atoms with Crippen molar-refractivity contribution in [2.45, 2.75) is 6.18 Å². The van der Waals surface area contributed by atoms with Crippen LogP contribution >= 0.6 is 15.9 Å². The van der Waals surface area contributed by atoms with E-state index in [1.54, 1.807) is 18.2 Å². The van der Waals surface area contributed by atoms with Gasteiger partial charge in [-0.3, -0.25) is 0 Å². The van der Waals surface area contributed by atoms with Gasteiger partial charge < -0.3 is 4.74 Å². The lowest BCUT2D eigenvalue weighted by Crippen LogP contribution is -2.14. The Balaban J connectivity index is 2.65. The third kappa shape index (κ3) is 2.22. The standard InChI is InChI=1S/C11H8BrF3N2O/c1-18-9-5-3-2-4-8(9)17-10(11(13,14)15)7(12)6-16-17/h2-6H,1H3. The fraction of sp³-hybridized carbons (Fsp3) is 0.182. The number of alkyl halides is 3. The lowest BCUT2D eigenvalue weighted by atomic mass is 10.3. The molecule has 0 saturated heterocycles. The SMILES string of the molecule is COc1ccccc1-n1ncc(Br)c1C(F)(F)F. The molecule has 1 heterocycles. The molecule has 2 aromatic rings. The summed E-state index contributed by atoms with van der Waals surface area (Å²) in [7, 11) is 1.39. The molecule has 0 bridgehead atoms. The first kappa shape index (κ1) is 12.9. The van der Waals surface area contributed by atoms with Gasteiger partial charge in [0.1, 0.15) is 11.4 Å². The molecule has 0 spiro atoms. The van der Waals surface area contributed by atoms with Crippen molar-refractivity contribution in [1.29, 1.82) is 0 Å². The number of hydrogen-bond donors (Lipinski definition) is 0. The van der Waals surface area contributed by atoms with Crippen LogP contribution in [0.1, 0.15) is 5.69 Å². The summed E-state index contributed by atoms with van der Waals surface area (Å²) in [6.45, 7) is 0. The van der Waals surface area contributed by atoms with Crippen molar-refractivity contribution in [2.24, 2.45) is 0 Å². The number of methoxy groups -OCH3 is 1. The topological polar surface area (TPSA) is 27.1 Å². The van der Waals surface area contributed by atoms with Crippen LogP contribution in [0.4, 0.5) is 13.2 Å². The monoisotopic (exact) mass is 320 g/mol. The van der Waals surface area contributed by atoms with Crippen LogP contribution in [0.5, 0.6) is 5.75 Å². The maximum atomic E-state index is 12.9. The number of ether oxygens (including phenoxy) is 1. The summed E-state index contributed by atoms with van der Waals surface area (Å²) in [5.74, 6) is 0.318. The van der Waals surface area contributed by atoms with E-state index in [-0.39, 0.29) is 10.2 Å². The number of halogens is 4. The van der Waals surface area contributed by atoms with Crippen LogP contribution in [0.25, 0.3) is 5.69 Å². The summed E-state index contributed by atoms with van der Waals surface area (Å²) in [5.41, 5.74) is -0.634. The highest BCUT2D eigenvalue weighted by Gasteiger charge is 2.38. The molecule has 0 N–H and O–H groups in total. The zero-order valence-electron chi connectivity index (χ0n) is 9.20. The molecular weight excluding hydrogens is 313 g/mol. The fourth-order valence-electron chi connectivity index (χ4n) is 1.57. The van der Waals surface area contributed by atoms with Gasteiger partial charge in [-0.2, -0.15) is 18.3 Å². The van der Waals surface area contributed by atoms with Crippen molar-refractivity contribution in [2.75, 3.05) is 7.11 Å². The van der Waals surface area contributed by atoms with Crippen molar-refractivity contribution in [3.05, 3.63) is 40.6 Å². The highest BCUT2D eigenvalue weighted by molar-refractivity contribution is 9.10. The molecule has 0 radical (unpaired) electrons. The van der Waals surface area contributed by atoms with Crippen LogP contribution in [0.2, 0.25) is 0 Å². The average Bonchev–Trinajstić information content (AvgIpc) is 2.70. The first-order valence-electron chi connectivity index (χ1n) is 4.89. The predicted octanol–water partition coefficient (Wildman–Crippen LogP) is 3.66. The summed E-state index contributed by atoms with van der Waals surface area (Å²) in [6.07, 6.45) is -3.40. The Labute approximate surface area is 109 Å². The molecular formula is C11H8BrF3N2O. The Bertz CT molecular complexity index is 566. The first-order valence-corrected chi connectivity index (χ1v) is 5.68. The molecule has 3 nitrogen and oxygen atoms in total. The van der Waals surface area contributed by atoms with Gasteiger partial charge >= 0.3 is 6.18 Å². The summed E-state index contributed by atoms with van der Waals surface area (Å²) in [5, 5.41) is 3.73. The Morgan fingerprint density at radius 1 is 1.28 bits per heavy atom. The summed E-state index contributed by atoms with van der Waals surface area (Å²) in [4.78, 5) is 0. The van der Waals surface area contributed by atoms with Gasteiger partial charge in [-0.25, -0.2) is 4.68 Å². The zero-order valence-corrected chi connectivity index (χ0v) is 10.8. The zero-order chi connectivity index (χ0) is 13.3. The van der Waals surface area contributed by atoms with Gasteiger partial charge in [-0.05, 0) is 28.1 Å². The molecule has 18 heavy (non-hydrogen) atoms. The minimum absolute atomic E-state index is 0.110. The van der Waals surface area contributed by atoms with Crippen LogP contribution < -0.4 is 4.74 Å². The van der Waals surface area contributed by atoms with E-state index in [9.17, 15) is 13.2 Å². The van der Waals surface area contributed by atoms with Crippen LogP contribution in [0, 0.1) is 0 Å². The van der Waals surface area contributed by atoms with E-state index in [4.69, 9.17) is 4.74 Å². The Morgan fingerprint density at radius 2 is 1.94 bits per heavy atom. The average molecular weight is 321 g/mol. The molecule has 0 amide bonds. The van der Waals surface area contributed by atoms with E-state index in [0.29, 0.717) is 5.75 Å². The number of para-hydroxylation sites is 2. The highest BCUT2D eigenvalue weighted by Crippen LogP contribution is 2.37. The maximum Gasteiger partial charge on any atom is 0.434 e. The minimum atomic E-state index is -4.50. The third-order valence-corrected chi connectivity index (χ3v) is 2.89. The van der Waals surface area contributed by atoms with Crippen molar-refractivity contribution < 1.29 is 17.9 Å². The Kier molecular flexibility index (Phi) is 3.34. The quantitative estimate of drug-likeness (QED) is 0.844. The molecule has 0 aliphatic rings. The second kappa shape index (κ2) is 4.64. The molecule has 0 fully saturated rings. The number of hydrogen-bond acceptors (Lipinski definition) is 2. The van der Waals surface area contributed by atoms with E-state index in [0.717, 1.165) is 10.9 Å². The van der Waals surface area contributed by atoms with E-state index in [2.05, 4.69) is 21.0 Å². The predicted molar refractivity (Wildman–Crippen MR) is 62.8 cm³/mol. The summed E-state index contributed by atoms with van der Waals surface area (Å²) < 4.78 is 44.5. The Morgan fingerprint density at radius 3 is 2.56 bits per heavy atom. The van der Waals surface area contributed by atoms with Crippen LogP contribution in [0.15, 0.2) is 34.9 Å². The maximum absolute atomic E-state index is 12.9. The molecule has 2 rings (SSSR count). The van der Waals surface area contributed by atoms with Crippen molar-refractivity contribution in [3.63, 3.8) is 0 Å². The minimum Gasteiger partial charge on any atom is -0.494 e. The second-order valence-electron chi connectivity index (χ2n) is 3.42. The van der Waals surface area contributed by atoms with Crippen LogP contribution in [-0.2, 0) is 6.18 Å². The number of benzene rings is 1. The molecule has 0 aliphatic heterocycles. The molecule has 0 atom stereocenters. The van der Waals surface area contributed by atoms with Crippen molar-refractivity contribution in [3.8, 4) is 11.4 Å². The lowest BCUT2D eigenvalue weighted by molar-refractivity contribution is -0.143. The van der Waals surface area contributed by atoms with E-state index in [1.165, 1.54) is 13.2 Å². The van der Waals surface area contributed by atoms with Gasteiger partial charge in [0.2, 0.25) is 0 Å². The fourth-order valence-corrected chi connectivity index (χ4v) is 2.06. The Hall–Kier alpha value is -1.50. The summed E-state index contributed by atoms with van der Waals surface area (Å²) >= 11 is 2.85. The molecule has 7 heteroatoms. The van der Waals surface area contributed by atoms with Crippen molar-refractivity contribution in [1.82, 2.24) is 9.78 Å². The number of rotatable bonds is 2. The van der Waals surface area contributed by atoms with Gasteiger partial charge in [-0.1, -0.05) is 12.1 Å². The third-order valence-electron chi connectivity index (χ3n) is 2.31. The number of nitrogens with zero attached hydrogens (tertiary/aromatic N) is 2. The van der Waals surface area contributed by atoms with Gasteiger partial charge in [0.15, 0.2) is 5.69 Å². The van der Waals surface area contributed by atoms with Crippen LogP contribution in [0.3, 0.4) is 0 Å². The smallest absolute Gasteiger partial charge is 0.434 e. The van der Waals surface area contributed by atoms with Crippen molar-refractivity contribution >= 4 is 15.9 Å². The largest absolute Gasteiger partial charge is 0.494 e. The van der Waals surface area contributed by atoms with Crippen LogP contribution in [-0.4, -0.2) is 16.9 Å². The molecule has 96 valence electrons. The molecule has 1 aromatic carbocycles. The molecule has 1 aromatic heterocycles. The molecule has 0 saturated carbocycles. The van der Waals surface area contributed by atoms with E-state index in [1.807, 2.05) is 0 Å². The molecule has 0 unspecified atom stereocenters. The van der Waals surface area contributed by atoms with Gasteiger partial charge in [-0.15, -0.1) is 0 Å². The lowest BCUT2D eigenvalue weighted by Gasteiger charge is -2.13. The molecule has 0 aliphatic carbocycles. The highest BCUT2D eigenvalue weighted by atomic mass is 79.9. The van der Waals surface area contributed by atoms with Gasteiger partial charge in [0.05, 0.1) is 17.8 Å². The normalized spacial score (nSPS) is 11.6. The van der Waals surface area contributed by atoms with E-state index >= 15 is 0 Å². The first-order chi connectivity index (χ1) is 8.45. The van der Waals surface area contributed by atoms with E-state index < -0.39 is 11.9 Å². The second-order valence-corrected chi connectivity index (χ2v) is 4.28.